The number of amides is 2. The second kappa shape index (κ2) is 9.00. The molecule has 3 rings (SSSR count). The molecule has 0 aliphatic carbocycles. The van der Waals surface area contributed by atoms with E-state index in [0.717, 1.165) is 4.90 Å². The zero-order valence-electron chi connectivity index (χ0n) is 16.3. The first kappa shape index (κ1) is 20.7. The maximum Gasteiger partial charge on any atom is 0.335 e. The van der Waals surface area contributed by atoms with Gasteiger partial charge in [0, 0.05) is 0 Å². The first-order valence-electron chi connectivity index (χ1n) is 8.92. The number of carbonyl (C=O) groups excluding carboxylic acids is 3. The van der Waals surface area contributed by atoms with Crippen molar-refractivity contribution >= 4 is 29.5 Å². The Morgan fingerprint density at radius 1 is 0.966 bits per heavy atom. The molecule has 0 saturated heterocycles. The third-order valence-corrected chi connectivity index (χ3v) is 5.23. The molecule has 0 saturated carbocycles. The summed E-state index contributed by atoms with van der Waals surface area (Å²) in [5.41, 5.74) is 0.573. The van der Waals surface area contributed by atoms with E-state index in [-0.39, 0.29) is 23.3 Å². The van der Waals surface area contributed by atoms with Crippen LogP contribution in [0.25, 0.3) is 0 Å². The van der Waals surface area contributed by atoms with Gasteiger partial charge in [0.15, 0.2) is 11.5 Å². The van der Waals surface area contributed by atoms with E-state index in [1.165, 1.54) is 26.0 Å². The summed E-state index contributed by atoms with van der Waals surface area (Å²) >= 11 is 1.51. The van der Waals surface area contributed by atoms with Crippen molar-refractivity contribution < 1.29 is 28.6 Å². The molecule has 7 nitrogen and oxygen atoms in total. The number of ether oxygens (including phenoxy) is 3. The number of thioether (sulfide) groups is 1. The average molecular weight is 415 g/mol. The number of esters is 1. The quantitative estimate of drug-likeness (QED) is 0.372. The summed E-state index contributed by atoms with van der Waals surface area (Å²) in [6.07, 6.45) is 2.15. The van der Waals surface area contributed by atoms with Gasteiger partial charge in [0.05, 0.1) is 25.3 Å². The molecule has 2 aromatic carbocycles. The fourth-order valence-corrected chi connectivity index (χ4v) is 3.62. The van der Waals surface area contributed by atoms with Crippen LogP contribution in [-0.2, 0) is 4.79 Å². The maximum atomic E-state index is 13.1. The van der Waals surface area contributed by atoms with Crippen molar-refractivity contribution in [2.24, 2.45) is 0 Å². The highest BCUT2D eigenvalue weighted by molar-refractivity contribution is 7.98. The number of hydrogen-bond donors (Lipinski definition) is 0. The number of para-hydroxylation sites is 1. The summed E-state index contributed by atoms with van der Waals surface area (Å²) in [7, 11) is 2.89. The van der Waals surface area contributed by atoms with Crippen LogP contribution in [0, 0.1) is 0 Å². The molecule has 0 spiro atoms. The zero-order chi connectivity index (χ0) is 21.0. The predicted octanol–water partition coefficient (Wildman–Crippen LogP) is 3.03. The smallest absolute Gasteiger partial charge is 0.335 e. The molecule has 0 bridgehead atoms. The van der Waals surface area contributed by atoms with Gasteiger partial charge in [-0.15, -0.1) is 0 Å². The molecule has 1 aliphatic rings. The number of imide groups is 1. The number of methoxy groups -OCH3 is 2. The average Bonchev–Trinajstić information content (AvgIpc) is 2.99. The lowest BCUT2D eigenvalue weighted by Crippen LogP contribution is -2.47. The summed E-state index contributed by atoms with van der Waals surface area (Å²) in [5.74, 6) is -0.436. The van der Waals surface area contributed by atoms with Crippen LogP contribution >= 0.6 is 11.8 Å². The first-order chi connectivity index (χ1) is 14.0. The molecule has 0 N–H and O–H groups in total. The molecule has 0 fully saturated rings. The molecule has 1 atom stereocenters. The van der Waals surface area contributed by atoms with Crippen molar-refractivity contribution in [1.29, 1.82) is 0 Å². The summed E-state index contributed by atoms with van der Waals surface area (Å²) < 4.78 is 16.1. The second-order valence-electron chi connectivity index (χ2n) is 6.24. The van der Waals surface area contributed by atoms with E-state index < -0.39 is 23.8 Å². The van der Waals surface area contributed by atoms with Crippen LogP contribution in [0.5, 0.6) is 17.2 Å². The molecule has 1 aliphatic heterocycles. The lowest BCUT2D eigenvalue weighted by atomic mass is 10.1. The van der Waals surface area contributed by atoms with E-state index in [4.69, 9.17) is 14.2 Å². The lowest BCUT2D eigenvalue weighted by molar-refractivity contribution is -0.139. The summed E-state index contributed by atoms with van der Waals surface area (Å²) in [6.45, 7) is 0. The Labute approximate surface area is 172 Å². The molecule has 8 heteroatoms. The third-order valence-electron chi connectivity index (χ3n) is 4.59. The number of benzene rings is 2. The third kappa shape index (κ3) is 3.93. The standard InChI is InChI=1S/C21H21NO6S/c1-26-16-9-6-10-17(27-2)18(16)28-21(25)15(11-12-29-3)22-19(23)13-7-4-5-8-14(13)20(22)24/h4-10,15H,11-12H2,1-3H3/t15-/m0/s1. The van der Waals surface area contributed by atoms with Crippen LogP contribution in [0.15, 0.2) is 42.5 Å². The van der Waals surface area contributed by atoms with Gasteiger partial charge in [-0.1, -0.05) is 18.2 Å². The van der Waals surface area contributed by atoms with Gasteiger partial charge >= 0.3 is 5.97 Å². The SMILES string of the molecule is COc1cccc(OC)c1OC(=O)[C@H](CCSC)N1C(=O)c2ccccc2C1=O. The summed E-state index contributed by atoms with van der Waals surface area (Å²) in [5, 5.41) is 0. The zero-order valence-corrected chi connectivity index (χ0v) is 17.2. The van der Waals surface area contributed by atoms with Crippen molar-refractivity contribution in [3.05, 3.63) is 53.6 Å². The second-order valence-corrected chi connectivity index (χ2v) is 7.22. The molecule has 2 amide bonds. The molecule has 2 aromatic rings. The van der Waals surface area contributed by atoms with E-state index >= 15 is 0 Å². The van der Waals surface area contributed by atoms with E-state index in [9.17, 15) is 14.4 Å². The topological polar surface area (TPSA) is 82.1 Å². The van der Waals surface area contributed by atoms with Crippen molar-refractivity contribution in [3.8, 4) is 17.2 Å². The van der Waals surface area contributed by atoms with Gasteiger partial charge in [-0.05, 0) is 42.7 Å². The molecule has 29 heavy (non-hydrogen) atoms. The molecule has 0 aromatic heterocycles. The van der Waals surface area contributed by atoms with Gasteiger partial charge in [0.1, 0.15) is 6.04 Å². The Morgan fingerprint density at radius 2 is 1.52 bits per heavy atom. The molecule has 152 valence electrons. The summed E-state index contributed by atoms with van der Waals surface area (Å²) in [4.78, 5) is 39.8. The van der Waals surface area contributed by atoms with Crippen LogP contribution < -0.4 is 14.2 Å². The van der Waals surface area contributed by atoms with Crippen molar-refractivity contribution in [2.45, 2.75) is 12.5 Å². The van der Waals surface area contributed by atoms with Crippen LogP contribution in [0.3, 0.4) is 0 Å². The number of nitrogens with zero attached hydrogens (tertiary/aromatic N) is 1. The van der Waals surface area contributed by atoms with Crippen LogP contribution in [-0.4, -0.2) is 55.0 Å². The van der Waals surface area contributed by atoms with Crippen LogP contribution in [0.4, 0.5) is 0 Å². The minimum Gasteiger partial charge on any atom is -0.493 e. The van der Waals surface area contributed by atoms with Gasteiger partial charge in [0.25, 0.3) is 11.8 Å². The molecule has 1 heterocycles. The highest BCUT2D eigenvalue weighted by Crippen LogP contribution is 2.37. The van der Waals surface area contributed by atoms with E-state index in [2.05, 4.69) is 0 Å². The fraction of sp³-hybridized carbons (Fsp3) is 0.286. The van der Waals surface area contributed by atoms with Crippen molar-refractivity contribution in [1.82, 2.24) is 4.90 Å². The largest absolute Gasteiger partial charge is 0.493 e. The molecular weight excluding hydrogens is 394 g/mol. The van der Waals surface area contributed by atoms with Gasteiger partial charge in [0.2, 0.25) is 5.75 Å². The monoisotopic (exact) mass is 415 g/mol. The Morgan fingerprint density at radius 3 is 2.00 bits per heavy atom. The molecular formula is C21H21NO6S. The van der Waals surface area contributed by atoms with E-state index in [1.807, 2.05) is 6.26 Å². The lowest BCUT2D eigenvalue weighted by Gasteiger charge is -2.25. The highest BCUT2D eigenvalue weighted by atomic mass is 32.2. The predicted molar refractivity (Wildman–Crippen MR) is 109 cm³/mol. The van der Waals surface area contributed by atoms with Gasteiger partial charge in [-0.25, -0.2) is 4.79 Å². The Bertz CT molecular complexity index is 887. The minimum atomic E-state index is -1.07. The van der Waals surface area contributed by atoms with Crippen LogP contribution in [0.2, 0.25) is 0 Å². The molecule has 0 unspecified atom stereocenters. The Balaban J connectivity index is 1.94. The van der Waals surface area contributed by atoms with E-state index in [1.54, 1.807) is 42.5 Å². The first-order valence-corrected chi connectivity index (χ1v) is 10.3. The fourth-order valence-electron chi connectivity index (χ4n) is 3.16. The maximum absolute atomic E-state index is 13.1. The van der Waals surface area contributed by atoms with Gasteiger partial charge < -0.3 is 14.2 Å². The van der Waals surface area contributed by atoms with Gasteiger partial charge in [-0.2, -0.15) is 11.8 Å². The number of rotatable bonds is 8. The molecule has 0 radical (unpaired) electrons. The Kier molecular flexibility index (Phi) is 6.43. The summed E-state index contributed by atoms with van der Waals surface area (Å²) in [6, 6.07) is 10.4. The Hall–Kier alpha value is -3.00. The number of hydrogen-bond acceptors (Lipinski definition) is 7. The minimum absolute atomic E-state index is 0.105. The van der Waals surface area contributed by atoms with Gasteiger partial charge in [-0.3, -0.25) is 14.5 Å². The van der Waals surface area contributed by atoms with Crippen molar-refractivity contribution in [3.63, 3.8) is 0 Å². The van der Waals surface area contributed by atoms with Crippen LogP contribution in [0.1, 0.15) is 27.1 Å². The highest BCUT2D eigenvalue weighted by Gasteiger charge is 2.43. The number of carbonyl (C=O) groups is 3. The van der Waals surface area contributed by atoms with Crippen molar-refractivity contribution in [2.75, 3.05) is 26.2 Å². The van der Waals surface area contributed by atoms with E-state index in [0.29, 0.717) is 17.3 Å². The normalized spacial score (nSPS) is 13.8. The number of fused-ring (bicyclic) bond motifs is 1.